The third kappa shape index (κ3) is 2.45. The van der Waals surface area contributed by atoms with E-state index in [1.54, 1.807) is 7.05 Å². The van der Waals surface area contributed by atoms with Gasteiger partial charge < -0.3 is 14.8 Å². The first-order chi connectivity index (χ1) is 7.79. The van der Waals surface area contributed by atoms with Gasteiger partial charge in [-0.05, 0) is 24.1 Å². The van der Waals surface area contributed by atoms with Gasteiger partial charge >= 0.3 is 0 Å². The molecule has 1 N–H and O–H groups in total. The lowest BCUT2D eigenvalue weighted by atomic mass is 10.1. The standard InChI is InChI=1S/C12H15NO3/c1-13-12(14)5-3-9-2-4-10-11(8-9)16-7-6-15-10/h2,4,8H,3,5-7H2,1H3,(H,13,14). The van der Waals surface area contributed by atoms with E-state index in [0.717, 1.165) is 23.5 Å². The summed E-state index contributed by atoms with van der Waals surface area (Å²) in [6.07, 6.45) is 1.21. The SMILES string of the molecule is CNC(=O)CCc1ccc2c(c1)OCCO2. The minimum atomic E-state index is 0.0508. The Morgan fingerprint density at radius 3 is 2.81 bits per heavy atom. The van der Waals surface area contributed by atoms with Gasteiger partial charge in [-0.2, -0.15) is 0 Å². The molecule has 0 saturated carbocycles. The fourth-order valence-corrected chi connectivity index (χ4v) is 1.63. The summed E-state index contributed by atoms with van der Waals surface area (Å²) in [5.74, 6) is 1.62. The summed E-state index contributed by atoms with van der Waals surface area (Å²) in [4.78, 5) is 11.1. The van der Waals surface area contributed by atoms with Crippen LogP contribution in [0.5, 0.6) is 11.5 Å². The van der Waals surface area contributed by atoms with Crippen molar-refractivity contribution < 1.29 is 14.3 Å². The van der Waals surface area contributed by atoms with E-state index in [-0.39, 0.29) is 5.91 Å². The van der Waals surface area contributed by atoms with Crippen LogP contribution in [0, 0.1) is 0 Å². The molecule has 2 rings (SSSR count). The van der Waals surface area contributed by atoms with E-state index in [1.165, 1.54) is 0 Å². The smallest absolute Gasteiger partial charge is 0.220 e. The molecule has 1 aliphatic heterocycles. The number of fused-ring (bicyclic) bond motifs is 1. The molecule has 16 heavy (non-hydrogen) atoms. The van der Waals surface area contributed by atoms with Crippen LogP contribution < -0.4 is 14.8 Å². The van der Waals surface area contributed by atoms with Crippen molar-refractivity contribution in [1.29, 1.82) is 0 Å². The van der Waals surface area contributed by atoms with Crippen molar-refractivity contribution >= 4 is 5.91 Å². The van der Waals surface area contributed by atoms with Crippen molar-refractivity contribution in [3.05, 3.63) is 23.8 Å². The van der Waals surface area contributed by atoms with Gasteiger partial charge in [0, 0.05) is 13.5 Å². The highest BCUT2D eigenvalue weighted by atomic mass is 16.6. The highest BCUT2D eigenvalue weighted by Crippen LogP contribution is 2.30. The van der Waals surface area contributed by atoms with Gasteiger partial charge in [0.15, 0.2) is 11.5 Å². The molecular formula is C12H15NO3. The maximum Gasteiger partial charge on any atom is 0.220 e. The molecule has 4 nitrogen and oxygen atoms in total. The van der Waals surface area contributed by atoms with E-state index in [2.05, 4.69) is 5.32 Å². The van der Waals surface area contributed by atoms with E-state index in [9.17, 15) is 4.79 Å². The van der Waals surface area contributed by atoms with Crippen LogP contribution >= 0.6 is 0 Å². The summed E-state index contributed by atoms with van der Waals surface area (Å²) in [5, 5.41) is 2.60. The predicted octanol–water partition coefficient (Wildman–Crippen LogP) is 1.14. The predicted molar refractivity (Wildman–Crippen MR) is 59.8 cm³/mol. The largest absolute Gasteiger partial charge is 0.486 e. The number of rotatable bonds is 3. The maximum atomic E-state index is 11.1. The molecule has 0 atom stereocenters. The third-order valence-corrected chi connectivity index (χ3v) is 2.53. The second kappa shape index (κ2) is 4.88. The maximum absolute atomic E-state index is 11.1. The molecule has 4 heteroatoms. The third-order valence-electron chi connectivity index (χ3n) is 2.53. The minimum absolute atomic E-state index is 0.0508. The first-order valence-electron chi connectivity index (χ1n) is 5.38. The van der Waals surface area contributed by atoms with Gasteiger partial charge in [0.25, 0.3) is 0 Å². The summed E-state index contributed by atoms with van der Waals surface area (Å²) in [6.45, 7) is 1.19. The van der Waals surface area contributed by atoms with Crippen LogP contribution in [0.1, 0.15) is 12.0 Å². The van der Waals surface area contributed by atoms with Gasteiger partial charge in [0.05, 0.1) is 0 Å². The Morgan fingerprint density at radius 1 is 1.31 bits per heavy atom. The highest BCUT2D eigenvalue weighted by Gasteiger charge is 2.11. The molecular weight excluding hydrogens is 206 g/mol. The van der Waals surface area contributed by atoms with Crippen molar-refractivity contribution in [2.45, 2.75) is 12.8 Å². The number of nitrogens with one attached hydrogen (secondary N) is 1. The number of hydrogen-bond donors (Lipinski definition) is 1. The molecule has 0 aromatic heterocycles. The van der Waals surface area contributed by atoms with Crippen molar-refractivity contribution in [3.8, 4) is 11.5 Å². The van der Waals surface area contributed by atoms with Gasteiger partial charge in [-0.1, -0.05) is 6.07 Å². The van der Waals surface area contributed by atoms with Gasteiger partial charge in [0.1, 0.15) is 13.2 Å². The van der Waals surface area contributed by atoms with Crippen LogP contribution in [-0.4, -0.2) is 26.2 Å². The normalized spacial score (nSPS) is 13.3. The number of hydrogen-bond acceptors (Lipinski definition) is 3. The van der Waals surface area contributed by atoms with Crippen LogP contribution in [0.4, 0.5) is 0 Å². The average molecular weight is 221 g/mol. The number of ether oxygens (including phenoxy) is 2. The van der Waals surface area contributed by atoms with E-state index >= 15 is 0 Å². The Morgan fingerprint density at radius 2 is 2.06 bits per heavy atom. The lowest BCUT2D eigenvalue weighted by molar-refractivity contribution is -0.120. The Hall–Kier alpha value is -1.71. The molecule has 1 aliphatic rings. The zero-order valence-electron chi connectivity index (χ0n) is 9.29. The van der Waals surface area contributed by atoms with Crippen molar-refractivity contribution in [1.82, 2.24) is 5.32 Å². The molecule has 0 spiro atoms. The zero-order chi connectivity index (χ0) is 11.4. The zero-order valence-corrected chi connectivity index (χ0v) is 9.29. The number of benzene rings is 1. The summed E-state index contributed by atoms with van der Waals surface area (Å²) < 4.78 is 10.9. The van der Waals surface area contributed by atoms with Crippen LogP contribution in [-0.2, 0) is 11.2 Å². The fraction of sp³-hybridized carbons (Fsp3) is 0.417. The second-order valence-electron chi connectivity index (χ2n) is 3.65. The molecule has 1 amide bonds. The average Bonchev–Trinajstić information content (AvgIpc) is 2.35. The molecule has 1 heterocycles. The van der Waals surface area contributed by atoms with Crippen LogP contribution in [0.15, 0.2) is 18.2 Å². The summed E-state index contributed by atoms with van der Waals surface area (Å²) >= 11 is 0. The van der Waals surface area contributed by atoms with E-state index in [1.807, 2.05) is 18.2 Å². The van der Waals surface area contributed by atoms with E-state index in [4.69, 9.17) is 9.47 Å². The van der Waals surface area contributed by atoms with Crippen molar-refractivity contribution in [2.24, 2.45) is 0 Å². The van der Waals surface area contributed by atoms with Gasteiger partial charge in [-0.25, -0.2) is 0 Å². The topological polar surface area (TPSA) is 47.6 Å². The molecule has 0 bridgehead atoms. The summed E-state index contributed by atoms with van der Waals surface area (Å²) in [5.41, 5.74) is 1.09. The van der Waals surface area contributed by atoms with Crippen molar-refractivity contribution in [3.63, 3.8) is 0 Å². The molecule has 1 aromatic rings. The fourth-order valence-electron chi connectivity index (χ4n) is 1.63. The van der Waals surface area contributed by atoms with Crippen LogP contribution in [0.25, 0.3) is 0 Å². The number of carbonyl (C=O) groups excluding carboxylic acids is 1. The Bertz CT molecular complexity index is 390. The molecule has 86 valence electrons. The van der Waals surface area contributed by atoms with Crippen LogP contribution in [0.3, 0.4) is 0 Å². The number of carbonyl (C=O) groups is 1. The summed E-state index contributed by atoms with van der Waals surface area (Å²) in [7, 11) is 1.64. The molecule has 0 unspecified atom stereocenters. The Kier molecular flexibility index (Phi) is 3.29. The van der Waals surface area contributed by atoms with Crippen LogP contribution in [0.2, 0.25) is 0 Å². The Balaban J connectivity index is 2.03. The van der Waals surface area contributed by atoms with E-state index in [0.29, 0.717) is 19.6 Å². The lowest BCUT2D eigenvalue weighted by Gasteiger charge is -2.18. The minimum Gasteiger partial charge on any atom is -0.486 e. The summed E-state index contributed by atoms with van der Waals surface area (Å²) in [6, 6.07) is 5.81. The van der Waals surface area contributed by atoms with Gasteiger partial charge in [-0.15, -0.1) is 0 Å². The monoisotopic (exact) mass is 221 g/mol. The van der Waals surface area contributed by atoms with Gasteiger partial charge in [-0.3, -0.25) is 4.79 Å². The van der Waals surface area contributed by atoms with Crippen molar-refractivity contribution in [2.75, 3.05) is 20.3 Å². The van der Waals surface area contributed by atoms with Gasteiger partial charge in [0.2, 0.25) is 5.91 Å². The molecule has 0 fully saturated rings. The molecule has 0 saturated heterocycles. The first kappa shape index (κ1) is 10.8. The van der Waals surface area contributed by atoms with E-state index < -0.39 is 0 Å². The molecule has 1 aromatic carbocycles. The first-order valence-corrected chi connectivity index (χ1v) is 5.38. The quantitative estimate of drug-likeness (QED) is 0.832. The molecule has 0 radical (unpaired) electrons. The number of aryl methyl sites for hydroxylation is 1. The Labute approximate surface area is 94.6 Å². The second-order valence-corrected chi connectivity index (χ2v) is 3.65. The molecule has 0 aliphatic carbocycles. The lowest BCUT2D eigenvalue weighted by Crippen LogP contribution is -2.18. The highest BCUT2D eigenvalue weighted by molar-refractivity contribution is 5.75. The number of amides is 1.